The third kappa shape index (κ3) is 4.74. The molecule has 2 rings (SSSR count). The molecule has 12 nitrogen and oxygen atoms in total. The van der Waals surface area contributed by atoms with Crippen molar-refractivity contribution in [3.63, 3.8) is 0 Å². The Hall–Kier alpha value is -0.930. The highest BCUT2D eigenvalue weighted by atomic mass is 16.7. The summed E-state index contributed by atoms with van der Waals surface area (Å²) in [4.78, 5) is 11.4. The van der Waals surface area contributed by atoms with E-state index < -0.39 is 80.5 Å². The van der Waals surface area contributed by atoms with Crippen LogP contribution in [0.1, 0.15) is 6.92 Å². The maximum absolute atomic E-state index is 11.4. The van der Waals surface area contributed by atoms with Gasteiger partial charge in [0, 0.05) is 14.0 Å². The van der Waals surface area contributed by atoms with Gasteiger partial charge >= 0.3 is 0 Å². The highest BCUT2D eigenvalue weighted by Crippen LogP contribution is 2.29. The average Bonchev–Trinajstić information content (AvgIpc) is 2.64. The summed E-state index contributed by atoms with van der Waals surface area (Å²) in [6.07, 6.45) is -12.4. The lowest BCUT2D eigenvalue weighted by molar-refractivity contribution is -0.344. The summed E-state index contributed by atoms with van der Waals surface area (Å²) in [5.74, 6) is -0.551. The van der Waals surface area contributed by atoms with Crippen molar-refractivity contribution in [1.82, 2.24) is 5.32 Å². The molecule has 0 aromatic heterocycles. The van der Waals surface area contributed by atoms with Crippen LogP contribution in [0.2, 0.25) is 0 Å². The van der Waals surface area contributed by atoms with Crippen LogP contribution in [-0.2, 0) is 23.7 Å². The molecule has 10 atom stereocenters. The van der Waals surface area contributed by atoms with E-state index in [1.54, 1.807) is 0 Å². The van der Waals surface area contributed by atoms with Crippen LogP contribution in [0.5, 0.6) is 0 Å². The Morgan fingerprint density at radius 1 is 0.926 bits per heavy atom. The molecular formula is C15H27NO11. The monoisotopic (exact) mass is 397 g/mol. The molecule has 0 unspecified atom stereocenters. The molecule has 0 aromatic carbocycles. The first-order valence-corrected chi connectivity index (χ1v) is 8.45. The molecule has 2 saturated heterocycles. The molecule has 2 aliphatic heterocycles. The van der Waals surface area contributed by atoms with Crippen LogP contribution in [0.3, 0.4) is 0 Å². The third-order valence-electron chi connectivity index (χ3n) is 4.59. The Morgan fingerprint density at radius 2 is 1.52 bits per heavy atom. The van der Waals surface area contributed by atoms with Crippen molar-refractivity contribution in [3.05, 3.63) is 0 Å². The van der Waals surface area contributed by atoms with Gasteiger partial charge in [-0.25, -0.2) is 0 Å². The van der Waals surface area contributed by atoms with Crippen molar-refractivity contribution in [2.45, 2.75) is 68.3 Å². The number of carbonyl (C=O) groups is 1. The van der Waals surface area contributed by atoms with Gasteiger partial charge in [0.2, 0.25) is 5.91 Å². The van der Waals surface area contributed by atoms with Gasteiger partial charge < -0.3 is 54.9 Å². The number of rotatable bonds is 6. The van der Waals surface area contributed by atoms with Crippen LogP contribution in [0.25, 0.3) is 0 Å². The Kier molecular flexibility index (Phi) is 7.88. The van der Waals surface area contributed by atoms with Gasteiger partial charge in [-0.2, -0.15) is 0 Å². The number of methoxy groups -OCH3 is 1. The maximum Gasteiger partial charge on any atom is 0.217 e. The number of ether oxygens (including phenoxy) is 4. The summed E-state index contributed by atoms with van der Waals surface area (Å²) in [6.45, 7) is -0.0663. The number of hydrogen-bond acceptors (Lipinski definition) is 11. The smallest absolute Gasteiger partial charge is 0.217 e. The second-order valence-electron chi connectivity index (χ2n) is 6.48. The number of hydrogen-bond donors (Lipinski definition) is 7. The molecule has 0 saturated carbocycles. The topological polar surface area (TPSA) is 187 Å². The lowest BCUT2D eigenvalue weighted by Crippen LogP contribution is -2.67. The quantitative estimate of drug-likeness (QED) is 0.228. The van der Waals surface area contributed by atoms with Gasteiger partial charge in [-0.05, 0) is 0 Å². The van der Waals surface area contributed by atoms with Crippen molar-refractivity contribution in [3.8, 4) is 0 Å². The lowest BCUT2D eigenvalue weighted by atomic mass is 9.95. The Labute approximate surface area is 155 Å². The van der Waals surface area contributed by atoms with Gasteiger partial charge in [-0.3, -0.25) is 4.79 Å². The predicted octanol–water partition coefficient (Wildman–Crippen LogP) is -4.60. The molecule has 0 bridgehead atoms. The molecule has 2 fully saturated rings. The van der Waals surface area contributed by atoms with Crippen LogP contribution in [-0.4, -0.2) is 118 Å². The van der Waals surface area contributed by atoms with Crippen molar-refractivity contribution in [1.29, 1.82) is 0 Å². The Balaban J connectivity index is 2.22. The van der Waals surface area contributed by atoms with Crippen LogP contribution in [0.4, 0.5) is 0 Å². The average molecular weight is 397 g/mol. The van der Waals surface area contributed by atoms with Crippen molar-refractivity contribution in [2.24, 2.45) is 0 Å². The Bertz CT molecular complexity index is 492. The molecule has 0 radical (unpaired) electrons. The minimum absolute atomic E-state index is 0.551. The zero-order valence-electron chi connectivity index (χ0n) is 14.9. The highest BCUT2D eigenvalue weighted by Gasteiger charge is 2.51. The summed E-state index contributed by atoms with van der Waals surface area (Å²) in [5, 5.41) is 61.8. The minimum Gasteiger partial charge on any atom is -0.394 e. The van der Waals surface area contributed by atoms with Gasteiger partial charge in [0.1, 0.15) is 48.8 Å². The molecule has 2 heterocycles. The zero-order valence-corrected chi connectivity index (χ0v) is 14.9. The molecule has 0 aromatic rings. The van der Waals surface area contributed by atoms with E-state index in [-0.39, 0.29) is 0 Å². The van der Waals surface area contributed by atoms with Gasteiger partial charge in [0.05, 0.1) is 13.2 Å². The molecule has 158 valence electrons. The van der Waals surface area contributed by atoms with E-state index in [1.165, 1.54) is 14.0 Å². The standard InChI is InChI=1S/C15H27NO11/c1-5(19)16-8-10(21)9(20)6(3-17)25-14(8)27-13-7(4-18)26-15(24-2)12(23)11(13)22/h6-15,17-18,20-23H,3-4H2,1-2H3,(H,16,19)/t6-,7-,8-,9+,10-,11-,12-,13+,14+,15-/m1/s1. The molecule has 2 aliphatic rings. The SMILES string of the molecule is CO[C@@H]1O[C@H](CO)[C@H](O[C@@H]2O[C@H](CO)[C@H](O)[C@H](O)[C@H]2NC(C)=O)[C@H](O)[C@H]1O. The van der Waals surface area contributed by atoms with E-state index in [0.717, 1.165) is 0 Å². The van der Waals surface area contributed by atoms with Crippen molar-refractivity contribution < 1.29 is 54.4 Å². The van der Waals surface area contributed by atoms with E-state index >= 15 is 0 Å². The van der Waals surface area contributed by atoms with Crippen LogP contribution >= 0.6 is 0 Å². The summed E-state index contributed by atoms with van der Waals surface area (Å²) in [6, 6.07) is -1.25. The second-order valence-corrected chi connectivity index (χ2v) is 6.48. The molecule has 1 amide bonds. The van der Waals surface area contributed by atoms with Crippen LogP contribution < -0.4 is 5.32 Å². The van der Waals surface area contributed by atoms with Crippen molar-refractivity contribution in [2.75, 3.05) is 20.3 Å². The van der Waals surface area contributed by atoms with E-state index in [4.69, 9.17) is 18.9 Å². The van der Waals surface area contributed by atoms with Crippen molar-refractivity contribution >= 4 is 5.91 Å². The van der Waals surface area contributed by atoms with E-state index in [1.807, 2.05) is 0 Å². The Morgan fingerprint density at radius 3 is 2.04 bits per heavy atom. The number of amides is 1. The van der Waals surface area contributed by atoms with Gasteiger partial charge in [-0.15, -0.1) is 0 Å². The molecule has 12 heteroatoms. The molecule has 0 aliphatic carbocycles. The van der Waals surface area contributed by atoms with Gasteiger partial charge in [0.15, 0.2) is 12.6 Å². The van der Waals surface area contributed by atoms with E-state index in [2.05, 4.69) is 5.32 Å². The third-order valence-corrected chi connectivity index (χ3v) is 4.59. The summed E-state index contributed by atoms with van der Waals surface area (Å²) in [5.41, 5.74) is 0. The normalized spacial score (nSPS) is 45.5. The summed E-state index contributed by atoms with van der Waals surface area (Å²) in [7, 11) is 1.25. The molecule has 7 N–H and O–H groups in total. The molecule has 0 spiro atoms. The zero-order chi connectivity index (χ0) is 20.3. The first-order valence-electron chi connectivity index (χ1n) is 8.45. The van der Waals surface area contributed by atoms with Gasteiger partial charge in [-0.1, -0.05) is 0 Å². The van der Waals surface area contributed by atoms with Crippen LogP contribution in [0, 0.1) is 0 Å². The van der Waals surface area contributed by atoms with E-state index in [9.17, 15) is 35.4 Å². The lowest BCUT2D eigenvalue weighted by Gasteiger charge is -2.46. The first kappa shape index (κ1) is 22.4. The number of nitrogens with one attached hydrogen (secondary N) is 1. The predicted molar refractivity (Wildman–Crippen MR) is 85.0 cm³/mol. The van der Waals surface area contributed by atoms with Gasteiger partial charge in [0.25, 0.3) is 0 Å². The molecular weight excluding hydrogens is 370 g/mol. The van der Waals surface area contributed by atoms with E-state index in [0.29, 0.717) is 0 Å². The van der Waals surface area contributed by atoms with Crippen LogP contribution in [0.15, 0.2) is 0 Å². The number of aliphatic hydroxyl groups excluding tert-OH is 6. The fraction of sp³-hybridized carbons (Fsp3) is 0.933. The first-order chi connectivity index (χ1) is 12.7. The number of aliphatic hydroxyl groups is 6. The summed E-state index contributed by atoms with van der Waals surface area (Å²) >= 11 is 0. The minimum atomic E-state index is -1.56. The largest absolute Gasteiger partial charge is 0.394 e. The summed E-state index contributed by atoms with van der Waals surface area (Å²) < 4.78 is 21.2. The maximum atomic E-state index is 11.4. The number of carbonyl (C=O) groups excluding carboxylic acids is 1. The fourth-order valence-electron chi connectivity index (χ4n) is 3.16. The fourth-order valence-corrected chi connectivity index (χ4v) is 3.16. The highest BCUT2D eigenvalue weighted by molar-refractivity contribution is 5.73. The molecule has 27 heavy (non-hydrogen) atoms. The second kappa shape index (κ2) is 9.52.